The van der Waals surface area contributed by atoms with Crippen LogP contribution in [0.2, 0.25) is 0 Å². The van der Waals surface area contributed by atoms with Crippen molar-refractivity contribution < 1.29 is 22.8 Å². The van der Waals surface area contributed by atoms with E-state index in [0.717, 1.165) is 4.90 Å². The number of benzene rings is 1. The number of hydrogen-bond donors (Lipinski definition) is 3. The van der Waals surface area contributed by atoms with Gasteiger partial charge in [-0.05, 0) is 23.6 Å². The molecule has 10 heteroatoms. The molecule has 0 saturated carbocycles. The Kier molecular flexibility index (Phi) is 5.43. The molecule has 136 valence electrons. The van der Waals surface area contributed by atoms with E-state index in [0.29, 0.717) is 5.56 Å². The molecule has 1 aliphatic rings. The van der Waals surface area contributed by atoms with Crippen LogP contribution in [0, 0.1) is 5.92 Å². The third-order valence-electron chi connectivity index (χ3n) is 3.77. The van der Waals surface area contributed by atoms with Crippen LogP contribution >= 0.6 is 0 Å². The van der Waals surface area contributed by atoms with E-state index >= 15 is 0 Å². The Morgan fingerprint density at radius 1 is 1.28 bits per heavy atom. The van der Waals surface area contributed by atoms with Crippen LogP contribution in [0.5, 0.6) is 0 Å². The lowest BCUT2D eigenvalue weighted by Gasteiger charge is -2.14. The van der Waals surface area contributed by atoms with E-state index in [1.807, 2.05) is 0 Å². The number of imide groups is 1. The van der Waals surface area contributed by atoms with Crippen LogP contribution in [0.1, 0.15) is 19.4 Å². The first kappa shape index (κ1) is 18.9. The van der Waals surface area contributed by atoms with Crippen LogP contribution in [0.3, 0.4) is 0 Å². The molecule has 0 aliphatic carbocycles. The number of sulfonamides is 1. The molecule has 0 unspecified atom stereocenters. The summed E-state index contributed by atoms with van der Waals surface area (Å²) in [5, 5.41) is 10.1. The summed E-state index contributed by atoms with van der Waals surface area (Å²) >= 11 is 0. The second kappa shape index (κ2) is 7.19. The van der Waals surface area contributed by atoms with Crippen molar-refractivity contribution in [1.82, 2.24) is 15.5 Å². The Hall–Kier alpha value is -2.46. The summed E-state index contributed by atoms with van der Waals surface area (Å²) < 4.78 is 22.3. The molecule has 4 N–H and O–H groups in total. The summed E-state index contributed by atoms with van der Waals surface area (Å²) in [5.74, 6) is -0.988. The van der Waals surface area contributed by atoms with Gasteiger partial charge in [0.1, 0.15) is 12.6 Å². The zero-order chi connectivity index (χ0) is 18.8. The number of nitrogens with zero attached hydrogens (tertiary/aromatic N) is 1. The first-order valence-corrected chi connectivity index (χ1v) is 9.14. The number of rotatable bonds is 6. The molecule has 0 radical (unpaired) electrons. The normalized spacial score (nSPS) is 17.8. The molecule has 2 rings (SSSR count). The second-order valence-electron chi connectivity index (χ2n) is 6.06. The molecule has 25 heavy (non-hydrogen) atoms. The van der Waals surface area contributed by atoms with Crippen molar-refractivity contribution in [2.24, 2.45) is 11.1 Å². The highest BCUT2D eigenvalue weighted by molar-refractivity contribution is 7.89. The SMILES string of the molecule is CC(C)[C@H]1NC(=O)N(CC(=O)NCc2ccc(S(N)(=O)=O)cc2)C1=O. The lowest BCUT2D eigenvalue weighted by atomic mass is 10.1. The lowest BCUT2D eigenvalue weighted by molar-refractivity contribution is -0.132. The van der Waals surface area contributed by atoms with E-state index in [9.17, 15) is 22.8 Å². The number of nitrogens with one attached hydrogen (secondary N) is 2. The van der Waals surface area contributed by atoms with Crippen molar-refractivity contribution in [3.63, 3.8) is 0 Å². The number of nitrogens with two attached hydrogens (primary N) is 1. The zero-order valence-electron chi connectivity index (χ0n) is 13.9. The fourth-order valence-corrected chi connectivity index (χ4v) is 2.85. The Bertz CT molecular complexity index is 789. The topological polar surface area (TPSA) is 139 Å². The van der Waals surface area contributed by atoms with Gasteiger partial charge in [0.25, 0.3) is 5.91 Å². The van der Waals surface area contributed by atoms with Crippen molar-refractivity contribution in [2.45, 2.75) is 31.3 Å². The maximum Gasteiger partial charge on any atom is 0.325 e. The van der Waals surface area contributed by atoms with Crippen molar-refractivity contribution in [3.8, 4) is 0 Å². The van der Waals surface area contributed by atoms with E-state index in [-0.39, 0.29) is 23.9 Å². The van der Waals surface area contributed by atoms with E-state index < -0.39 is 33.9 Å². The Morgan fingerprint density at radius 2 is 1.88 bits per heavy atom. The molecule has 9 nitrogen and oxygen atoms in total. The van der Waals surface area contributed by atoms with E-state index in [1.165, 1.54) is 24.3 Å². The lowest BCUT2D eigenvalue weighted by Crippen LogP contribution is -2.41. The van der Waals surface area contributed by atoms with Crippen LogP contribution in [0.4, 0.5) is 4.79 Å². The van der Waals surface area contributed by atoms with Crippen LogP contribution in [0.15, 0.2) is 29.2 Å². The van der Waals surface area contributed by atoms with Crippen molar-refractivity contribution in [1.29, 1.82) is 0 Å². The molecule has 0 aromatic heterocycles. The van der Waals surface area contributed by atoms with Gasteiger partial charge in [0.2, 0.25) is 15.9 Å². The quantitative estimate of drug-likeness (QED) is 0.583. The Balaban J connectivity index is 1.91. The highest BCUT2D eigenvalue weighted by atomic mass is 32.2. The van der Waals surface area contributed by atoms with Gasteiger partial charge in [-0.2, -0.15) is 0 Å². The molecule has 1 fully saturated rings. The van der Waals surface area contributed by atoms with Gasteiger partial charge in [-0.1, -0.05) is 26.0 Å². The average molecular weight is 368 g/mol. The second-order valence-corrected chi connectivity index (χ2v) is 7.62. The van der Waals surface area contributed by atoms with Gasteiger partial charge in [0.15, 0.2) is 0 Å². The Morgan fingerprint density at radius 3 is 2.36 bits per heavy atom. The van der Waals surface area contributed by atoms with E-state index in [4.69, 9.17) is 5.14 Å². The number of urea groups is 1. The molecule has 0 bridgehead atoms. The zero-order valence-corrected chi connectivity index (χ0v) is 14.7. The molecule has 1 aromatic rings. The first-order valence-electron chi connectivity index (χ1n) is 7.60. The minimum Gasteiger partial charge on any atom is -0.350 e. The number of amides is 4. The molecule has 1 heterocycles. The van der Waals surface area contributed by atoms with Crippen molar-refractivity contribution in [2.75, 3.05) is 6.54 Å². The van der Waals surface area contributed by atoms with Gasteiger partial charge < -0.3 is 10.6 Å². The Labute approximate surface area is 145 Å². The van der Waals surface area contributed by atoms with E-state index in [1.54, 1.807) is 13.8 Å². The fraction of sp³-hybridized carbons (Fsp3) is 0.400. The van der Waals surface area contributed by atoms with Crippen LogP contribution in [-0.4, -0.2) is 43.7 Å². The fourth-order valence-electron chi connectivity index (χ4n) is 2.34. The highest BCUT2D eigenvalue weighted by Crippen LogP contribution is 2.13. The average Bonchev–Trinajstić information content (AvgIpc) is 2.81. The monoisotopic (exact) mass is 368 g/mol. The molecular formula is C15H20N4O5S. The maximum atomic E-state index is 12.1. The van der Waals surface area contributed by atoms with Gasteiger partial charge in [0.05, 0.1) is 4.90 Å². The number of primary sulfonamides is 1. The molecular weight excluding hydrogens is 348 g/mol. The molecule has 1 aliphatic heterocycles. The molecule has 1 saturated heterocycles. The largest absolute Gasteiger partial charge is 0.350 e. The van der Waals surface area contributed by atoms with Gasteiger partial charge in [-0.25, -0.2) is 18.4 Å². The molecule has 1 aromatic carbocycles. The minimum atomic E-state index is -3.77. The highest BCUT2D eigenvalue weighted by Gasteiger charge is 2.40. The van der Waals surface area contributed by atoms with Crippen LogP contribution in [-0.2, 0) is 26.2 Å². The minimum absolute atomic E-state index is 0.0263. The predicted molar refractivity (Wildman–Crippen MR) is 88.5 cm³/mol. The number of hydrogen-bond acceptors (Lipinski definition) is 5. The van der Waals surface area contributed by atoms with Gasteiger partial charge in [0, 0.05) is 6.54 Å². The van der Waals surface area contributed by atoms with Gasteiger partial charge >= 0.3 is 6.03 Å². The summed E-state index contributed by atoms with van der Waals surface area (Å²) in [4.78, 5) is 36.7. The third-order valence-corrected chi connectivity index (χ3v) is 4.70. The van der Waals surface area contributed by atoms with Crippen molar-refractivity contribution in [3.05, 3.63) is 29.8 Å². The smallest absolute Gasteiger partial charge is 0.325 e. The van der Waals surface area contributed by atoms with Crippen LogP contribution in [0.25, 0.3) is 0 Å². The number of carbonyl (C=O) groups is 3. The third kappa shape index (κ3) is 4.54. The molecule has 1 atom stereocenters. The summed E-state index contributed by atoms with van der Waals surface area (Å²) in [6.45, 7) is 3.36. The van der Waals surface area contributed by atoms with Crippen molar-refractivity contribution >= 4 is 27.9 Å². The molecule has 4 amide bonds. The summed E-state index contributed by atoms with van der Waals surface area (Å²) in [5.41, 5.74) is 0.651. The number of carbonyl (C=O) groups excluding carboxylic acids is 3. The van der Waals surface area contributed by atoms with Crippen LogP contribution < -0.4 is 15.8 Å². The summed E-state index contributed by atoms with van der Waals surface area (Å²) in [6.07, 6.45) is 0. The standard InChI is InChI=1S/C15H20N4O5S/c1-9(2)13-14(21)19(15(22)18-13)8-12(20)17-7-10-3-5-11(6-4-10)25(16,23)24/h3-6,9,13H,7-8H2,1-2H3,(H,17,20)(H,18,22)(H2,16,23,24)/t13-/m1/s1. The maximum absolute atomic E-state index is 12.1. The predicted octanol–water partition coefficient (Wildman–Crippen LogP) is -0.473. The van der Waals surface area contributed by atoms with Gasteiger partial charge in [-0.15, -0.1) is 0 Å². The summed E-state index contributed by atoms with van der Waals surface area (Å²) in [6, 6.07) is 4.50. The van der Waals surface area contributed by atoms with Gasteiger partial charge in [-0.3, -0.25) is 14.5 Å². The molecule has 0 spiro atoms. The summed E-state index contributed by atoms with van der Waals surface area (Å²) in [7, 11) is -3.77. The first-order chi connectivity index (χ1) is 11.6. The van der Waals surface area contributed by atoms with E-state index in [2.05, 4.69) is 10.6 Å².